The number of rotatable bonds is 5. The van der Waals surface area contributed by atoms with Gasteiger partial charge in [-0.2, -0.15) is 13.2 Å². The number of aromatic nitrogens is 1. The number of anilines is 1. The summed E-state index contributed by atoms with van der Waals surface area (Å²) in [6, 6.07) is 1.19. The molecule has 0 aliphatic carbocycles. The number of amides is 2. The number of carbonyl (C=O) groups is 2. The molecule has 9 heteroatoms. The second-order valence-electron chi connectivity index (χ2n) is 4.47. The van der Waals surface area contributed by atoms with Crippen molar-refractivity contribution in [3.8, 4) is 0 Å². The van der Waals surface area contributed by atoms with Crippen molar-refractivity contribution in [2.75, 3.05) is 11.9 Å². The maximum atomic E-state index is 12.3. The van der Waals surface area contributed by atoms with Gasteiger partial charge in [0.1, 0.15) is 5.69 Å². The number of carboxylic acid groups (broad SMARTS) is 1. The van der Waals surface area contributed by atoms with Crippen LogP contribution < -0.4 is 10.6 Å². The Morgan fingerprint density at radius 1 is 1.38 bits per heavy atom. The van der Waals surface area contributed by atoms with Crippen molar-refractivity contribution in [2.45, 2.75) is 19.5 Å². The Morgan fingerprint density at radius 3 is 2.52 bits per heavy atom. The van der Waals surface area contributed by atoms with Gasteiger partial charge in [0.2, 0.25) is 0 Å². The highest BCUT2D eigenvalue weighted by Gasteiger charge is 2.32. The normalized spacial score (nSPS) is 12.6. The van der Waals surface area contributed by atoms with Crippen LogP contribution in [0.2, 0.25) is 0 Å². The average molecular weight is 305 g/mol. The van der Waals surface area contributed by atoms with Crippen LogP contribution >= 0.6 is 0 Å². The number of hydrogen-bond donors (Lipinski definition) is 3. The summed E-state index contributed by atoms with van der Waals surface area (Å²) in [7, 11) is 0. The van der Waals surface area contributed by atoms with Crippen LogP contribution in [0.15, 0.2) is 18.3 Å². The number of aliphatic carboxylic acids is 1. The number of nitrogens with one attached hydrogen (secondary N) is 2. The first-order valence-electron chi connectivity index (χ1n) is 5.98. The van der Waals surface area contributed by atoms with E-state index < -0.39 is 23.9 Å². The van der Waals surface area contributed by atoms with Crippen LogP contribution in [0.3, 0.4) is 0 Å². The predicted molar refractivity (Wildman–Crippen MR) is 67.7 cm³/mol. The Hall–Kier alpha value is -2.32. The Morgan fingerprint density at radius 2 is 2.05 bits per heavy atom. The van der Waals surface area contributed by atoms with Gasteiger partial charge in [0.05, 0.1) is 11.9 Å². The Labute approximate surface area is 118 Å². The zero-order valence-electron chi connectivity index (χ0n) is 11.1. The van der Waals surface area contributed by atoms with Crippen molar-refractivity contribution in [1.29, 1.82) is 0 Å². The highest BCUT2D eigenvalue weighted by molar-refractivity contribution is 5.89. The molecule has 0 radical (unpaired) electrons. The molecule has 1 rings (SSSR count). The van der Waals surface area contributed by atoms with Gasteiger partial charge in [-0.05, 0) is 18.1 Å². The zero-order chi connectivity index (χ0) is 16.0. The minimum atomic E-state index is -4.53. The second kappa shape index (κ2) is 6.91. The molecule has 6 nitrogen and oxygen atoms in total. The van der Waals surface area contributed by atoms with E-state index in [0.29, 0.717) is 0 Å². The van der Waals surface area contributed by atoms with E-state index in [4.69, 9.17) is 5.11 Å². The van der Waals surface area contributed by atoms with Gasteiger partial charge in [-0.1, -0.05) is 6.92 Å². The number of hydrogen-bond acceptors (Lipinski definition) is 3. The summed E-state index contributed by atoms with van der Waals surface area (Å²) in [6.45, 7) is 1.78. The van der Waals surface area contributed by atoms with Gasteiger partial charge in [0, 0.05) is 13.0 Å². The van der Waals surface area contributed by atoms with E-state index in [0.717, 1.165) is 18.3 Å². The summed E-state index contributed by atoms with van der Waals surface area (Å²) in [5.74, 6) is -1.24. The van der Waals surface area contributed by atoms with Crippen LogP contribution in [-0.4, -0.2) is 28.6 Å². The highest BCUT2D eigenvalue weighted by atomic mass is 19.4. The first-order valence-corrected chi connectivity index (χ1v) is 5.98. The number of nitrogens with zero attached hydrogens (tertiary/aromatic N) is 1. The molecule has 0 aliphatic heterocycles. The third-order valence-corrected chi connectivity index (χ3v) is 2.45. The number of carbonyl (C=O) groups excluding carboxylic acids is 1. The van der Waals surface area contributed by atoms with Crippen LogP contribution in [-0.2, 0) is 11.0 Å². The molecule has 0 aliphatic rings. The maximum Gasteiger partial charge on any atom is 0.433 e. The molecular formula is C12H14F3N3O3. The molecule has 3 N–H and O–H groups in total. The van der Waals surface area contributed by atoms with Crippen LogP contribution in [0.4, 0.5) is 23.7 Å². The summed E-state index contributed by atoms with van der Waals surface area (Å²) < 4.78 is 36.9. The fourth-order valence-electron chi connectivity index (χ4n) is 1.45. The fourth-order valence-corrected chi connectivity index (χ4v) is 1.45. The molecule has 0 saturated carbocycles. The highest BCUT2D eigenvalue weighted by Crippen LogP contribution is 2.27. The maximum absolute atomic E-state index is 12.3. The molecule has 1 heterocycles. The van der Waals surface area contributed by atoms with Gasteiger partial charge >= 0.3 is 18.2 Å². The Bertz CT molecular complexity index is 503. The molecule has 0 bridgehead atoms. The minimum Gasteiger partial charge on any atom is -0.481 e. The third kappa shape index (κ3) is 6.11. The number of carboxylic acids is 1. The standard InChI is InChI=1S/C12H14F3N3O3/c1-7(4-10(19)20)5-17-11(21)18-8-2-3-9(16-6-8)12(13,14)15/h2-3,6-7H,4-5H2,1H3,(H,19,20)(H2,17,18,21). The first kappa shape index (κ1) is 16.7. The van der Waals surface area contributed by atoms with Gasteiger partial charge in [-0.15, -0.1) is 0 Å². The summed E-state index contributed by atoms with van der Waals surface area (Å²) >= 11 is 0. The molecule has 1 aromatic heterocycles. The van der Waals surface area contributed by atoms with Gasteiger partial charge in [0.15, 0.2) is 0 Å². The summed E-state index contributed by atoms with van der Waals surface area (Å²) in [5.41, 5.74) is -0.949. The topological polar surface area (TPSA) is 91.3 Å². The second-order valence-corrected chi connectivity index (χ2v) is 4.47. The van der Waals surface area contributed by atoms with Gasteiger partial charge in [0.25, 0.3) is 0 Å². The van der Waals surface area contributed by atoms with E-state index in [1.807, 2.05) is 0 Å². The molecule has 116 valence electrons. The lowest BCUT2D eigenvalue weighted by Gasteiger charge is -2.11. The van der Waals surface area contributed by atoms with Gasteiger partial charge < -0.3 is 15.7 Å². The van der Waals surface area contributed by atoms with Gasteiger partial charge in [-0.25, -0.2) is 9.78 Å². The molecule has 1 aromatic rings. The van der Waals surface area contributed by atoms with Gasteiger partial charge in [-0.3, -0.25) is 4.79 Å². The molecule has 21 heavy (non-hydrogen) atoms. The van der Waals surface area contributed by atoms with Crippen molar-refractivity contribution in [3.05, 3.63) is 24.0 Å². The monoisotopic (exact) mass is 305 g/mol. The predicted octanol–water partition coefficient (Wildman–Crippen LogP) is 2.33. The summed E-state index contributed by atoms with van der Waals surface area (Å²) in [4.78, 5) is 25.1. The molecule has 0 spiro atoms. The van der Waals surface area contributed by atoms with Crippen molar-refractivity contribution in [1.82, 2.24) is 10.3 Å². The van der Waals surface area contributed by atoms with Crippen LogP contribution in [0.5, 0.6) is 0 Å². The van der Waals surface area contributed by atoms with Crippen molar-refractivity contribution in [2.24, 2.45) is 5.92 Å². The lowest BCUT2D eigenvalue weighted by molar-refractivity contribution is -0.141. The molecule has 1 unspecified atom stereocenters. The van der Waals surface area contributed by atoms with Crippen LogP contribution in [0.1, 0.15) is 19.0 Å². The zero-order valence-corrected chi connectivity index (χ0v) is 11.1. The van der Waals surface area contributed by atoms with E-state index in [1.54, 1.807) is 6.92 Å². The largest absolute Gasteiger partial charge is 0.481 e. The number of pyridine rings is 1. The molecule has 0 fully saturated rings. The van der Waals surface area contributed by atoms with E-state index in [2.05, 4.69) is 15.6 Å². The Balaban J connectivity index is 2.46. The summed E-state index contributed by atoms with van der Waals surface area (Å²) in [5, 5.41) is 13.3. The fraction of sp³-hybridized carbons (Fsp3) is 0.417. The van der Waals surface area contributed by atoms with E-state index >= 15 is 0 Å². The third-order valence-electron chi connectivity index (χ3n) is 2.45. The number of halogens is 3. The number of urea groups is 1. The van der Waals surface area contributed by atoms with Crippen molar-refractivity contribution < 1.29 is 27.9 Å². The van der Waals surface area contributed by atoms with E-state index in [1.165, 1.54) is 0 Å². The lowest BCUT2D eigenvalue weighted by Crippen LogP contribution is -2.33. The van der Waals surface area contributed by atoms with Crippen molar-refractivity contribution >= 4 is 17.7 Å². The number of alkyl halides is 3. The van der Waals surface area contributed by atoms with Crippen molar-refractivity contribution in [3.63, 3.8) is 0 Å². The molecular weight excluding hydrogens is 291 g/mol. The van der Waals surface area contributed by atoms with Crippen LogP contribution in [0.25, 0.3) is 0 Å². The average Bonchev–Trinajstić information content (AvgIpc) is 2.35. The molecule has 0 saturated heterocycles. The smallest absolute Gasteiger partial charge is 0.433 e. The Kier molecular flexibility index (Phi) is 5.51. The summed E-state index contributed by atoms with van der Waals surface area (Å²) in [6.07, 6.45) is -3.74. The lowest BCUT2D eigenvalue weighted by atomic mass is 10.1. The van der Waals surface area contributed by atoms with E-state index in [-0.39, 0.29) is 24.6 Å². The SMILES string of the molecule is CC(CNC(=O)Nc1ccc(C(F)(F)F)nc1)CC(=O)O. The molecule has 2 amide bonds. The molecule has 1 atom stereocenters. The van der Waals surface area contributed by atoms with E-state index in [9.17, 15) is 22.8 Å². The minimum absolute atomic E-state index is 0.0951. The first-order chi connectivity index (χ1) is 9.68. The quantitative estimate of drug-likeness (QED) is 0.778. The van der Waals surface area contributed by atoms with Crippen LogP contribution in [0, 0.1) is 5.92 Å². The molecule has 0 aromatic carbocycles.